The summed E-state index contributed by atoms with van der Waals surface area (Å²) in [5.41, 5.74) is 2.57. The van der Waals surface area contributed by atoms with Gasteiger partial charge in [-0.25, -0.2) is 19.7 Å². The van der Waals surface area contributed by atoms with E-state index in [0.29, 0.717) is 39.5 Å². The zero-order chi connectivity index (χ0) is 33.3. The zero-order valence-corrected chi connectivity index (χ0v) is 25.0. The van der Waals surface area contributed by atoms with Crippen molar-refractivity contribution in [1.82, 2.24) is 24.1 Å². The van der Waals surface area contributed by atoms with Crippen molar-refractivity contribution in [3.8, 4) is 5.69 Å². The molecule has 0 bridgehead atoms. The quantitative estimate of drug-likeness (QED) is 0.150. The van der Waals surface area contributed by atoms with Crippen LogP contribution in [-0.4, -0.2) is 41.1 Å². The highest BCUT2D eigenvalue weighted by Gasteiger charge is 2.32. The normalized spacial score (nSPS) is 11.4. The summed E-state index contributed by atoms with van der Waals surface area (Å²) < 4.78 is 43.9. The number of carbonyl (C=O) groups is 2. The van der Waals surface area contributed by atoms with Crippen LogP contribution in [0.4, 0.5) is 40.8 Å². The van der Waals surface area contributed by atoms with Gasteiger partial charge in [0, 0.05) is 40.7 Å². The van der Waals surface area contributed by atoms with Crippen molar-refractivity contribution in [2.24, 2.45) is 0 Å². The molecule has 0 fully saturated rings. The van der Waals surface area contributed by atoms with Crippen LogP contribution in [0.1, 0.15) is 32.7 Å². The topological polar surface area (TPSA) is 139 Å². The number of aliphatic hydroxyl groups excluding tert-OH is 1. The number of nitrogens with one attached hydrogen (secondary N) is 3. The van der Waals surface area contributed by atoms with Crippen LogP contribution in [0.25, 0.3) is 16.7 Å². The third-order valence-corrected chi connectivity index (χ3v) is 7.33. The lowest BCUT2D eigenvalue weighted by Gasteiger charge is -2.14. The number of imidazole rings is 1. The van der Waals surface area contributed by atoms with Crippen LogP contribution in [0.3, 0.4) is 0 Å². The number of rotatable bonds is 7. The monoisotopic (exact) mass is 640 g/mol. The number of carbonyl (C=O) groups excluding carboxylic acids is 2. The number of benzene rings is 3. The lowest BCUT2D eigenvalue weighted by Crippen LogP contribution is -2.20. The van der Waals surface area contributed by atoms with Gasteiger partial charge in [0.25, 0.3) is 5.91 Å². The minimum atomic E-state index is -4.68. The molecule has 0 atom stereocenters. The molecule has 6 rings (SSSR count). The number of aromatic nitrogens is 5. The second-order valence-corrected chi connectivity index (χ2v) is 10.7. The van der Waals surface area contributed by atoms with E-state index in [1.54, 1.807) is 56.4 Å². The second-order valence-electron chi connectivity index (χ2n) is 10.7. The van der Waals surface area contributed by atoms with Gasteiger partial charge in [0.15, 0.2) is 5.65 Å². The Kier molecular flexibility index (Phi) is 8.18. The van der Waals surface area contributed by atoms with Gasteiger partial charge in [0.1, 0.15) is 12.1 Å². The number of hydrogen-bond acceptors (Lipinski definition) is 7. The van der Waals surface area contributed by atoms with E-state index in [9.17, 15) is 27.9 Å². The highest BCUT2D eigenvalue weighted by molar-refractivity contribution is 6.06. The minimum absolute atomic E-state index is 0.117. The second kappa shape index (κ2) is 12.4. The number of fused-ring (bicyclic) bond motifs is 1. The first-order valence-corrected chi connectivity index (χ1v) is 14.2. The van der Waals surface area contributed by atoms with Crippen LogP contribution >= 0.6 is 0 Å². The van der Waals surface area contributed by atoms with Crippen molar-refractivity contribution < 1.29 is 27.9 Å². The molecule has 47 heavy (non-hydrogen) atoms. The molecule has 11 nitrogen and oxygen atoms in total. The summed E-state index contributed by atoms with van der Waals surface area (Å²) in [5.74, 6) is -0.313. The molecule has 2 amide bonds. The van der Waals surface area contributed by atoms with Crippen molar-refractivity contribution in [3.63, 3.8) is 0 Å². The Balaban J connectivity index is 1.23. The first-order chi connectivity index (χ1) is 22.5. The number of halogens is 3. The van der Waals surface area contributed by atoms with Crippen LogP contribution in [0.15, 0.2) is 91.8 Å². The maximum Gasteiger partial charge on any atom is 0.416 e. The van der Waals surface area contributed by atoms with Gasteiger partial charge in [-0.3, -0.25) is 9.36 Å². The summed E-state index contributed by atoms with van der Waals surface area (Å²) in [6, 6.07) is 16.1. The average Bonchev–Trinajstić information content (AvgIpc) is 3.69. The first-order valence-electron chi connectivity index (χ1n) is 14.2. The molecular weight excluding hydrogens is 613 g/mol. The Morgan fingerprint density at radius 1 is 0.915 bits per heavy atom. The van der Waals surface area contributed by atoms with Gasteiger partial charge < -0.3 is 25.6 Å². The zero-order valence-electron chi connectivity index (χ0n) is 25.0. The molecule has 0 aliphatic heterocycles. The molecule has 3 heterocycles. The van der Waals surface area contributed by atoms with E-state index in [-0.39, 0.29) is 23.5 Å². The van der Waals surface area contributed by atoms with E-state index in [4.69, 9.17) is 0 Å². The fourth-order valence-corrected chi connectivity index (χ4v) is 4.93. The SMILES string of the molecule is Cc1cn(-c2cc(C(=O)Nc3ccc(C)c(NC(=O)n4ccc5c(Nc6cccc(CO)c6)ncnc54)c3)cc(C(F)(F)F)c2)cn1. The van der Waals surface area contributed by atoms with E-state index in [2.05, 4.69) is 30.9 Å². The number of alkyl halides is 3. The summed E-state index contributed by atoms with van der Waals surface area (Å²) in [6.45, 7) is 3.34. The lowest BCUT2D eigenvalue weighted by molar-refractivity contribution is -0.137. The predicted molar refractivity (Wildman–Crippen MR) is 170 cm³/mol. The fraction of sp³-hybridized carbons (Fsp3) is 0.121. The molecular formula is C33H27F3N8O3. The van der Waals surface area contributed by atoms with Crippen molar-refractivity contribution in [1.29, 1.82) is 0 Å². The number of aryl methyl sites for hydroxylation is 2. The Labute approximate surface area is 265 Å². The van der Waals surface area contributed by atoms with E-state index >= 15 is 0 Å². The summed E-state index contributed by atoms with van der Waals surface area (Å²) >= 11 is 0. The average molecular weight is 641 g/mol. The largest absolute Gasteiger partial charge is 0.416 e. The Morgan fingerprint density at radius 3 is 2.49 bits per heavy atom. The lowest BCUT2D eigenvalue weighted by atomic mass is 10.1. The van der Waals surface area contributed by atoms with Crippen molar-refractivity contribution in [3.05, 3.63) is 120 Å². The molecule has 3 aromatic heterocycles. The highest BCUT2D eigenvalue weighted by Crippen LogP contribution is 2.32. The first kappa shape index (κ1) is 31.0. The molecule has 14 heteroatoms. The van der Waals surface area contributed by atoms with E-state index in [1.165, 1.54) is 40.1 Å². The van der Waals surface area contributed by atoms with Crippen LogP contribution in [-0.2, 0) is 12.8 Å². The molecule has 0 aliphatic carbocycles. The fourth-order valence-electron chi connectivity index (χ4n) is 4.93. The summed E-state index contributed by atoms with van der Waals surface area (Å²) in [6.07, 6.45) is 1.10. The molecule has 0 radical (unpaired) electrons. The number of nitrogens with zero attached hydrogens (tertiary/aromatic N) is 5. The van der Waals surface area contributed by atoms with Crippen molar-refractivity contribution in [2.75, 3.05) is 16.0 Å². The van der Waals surface area contributed by atoms with Gasteiger partial charge in [0.05, 0.1) is 29.6 Å². The van der Waals surface area contributed by atoms with E-state index in [0.717, 1.165) is 17.7 Å². The maximum absolute atomic E-state index is 13.7. The predicted octanol–water partition coefficient (Wildman–Crippen LogP) is 6.82. The Morgan fingerprint density at radius 2 is 1.74 bits per heavy atom. The third kappa shape index (κ3) is 6.67. The Hall–Kier alpha value is -6.02. The minimum Gasteiger partial charge on any atom is -0.392 e. The number of anilines is 4. The molecule has 3 aromatic carbocycles. The summed E-state index contributed by atoms with van der Waals surface area (Å²) in [5, 5.41) is 18.6. The van der Waals surface area contributed by atoms with Gasteiger partial charge >= 0.3 is 12.2 Å². The molecule has 4 N–H and O–H groups in total. The van der Waals surface area contributed by atoms with Crippen LogP contribution in [0, 0.1) is 13.8 Å². The number of amides is 2. The van der Waals surface area contributed by atoms with E-state index in [1.807, 2.05) is 6.07 Å². The molecule has 0 aliphatic rings. The smallest absolute Gasteiger partial charge is 0.392 e. The van der Waals surface area contributed by atoms with Crippen molar-refractivity contribution >= 4 is 45.9 Å². The molecule has 238 valence electrons. The molecule has 0 saturated heterocycles. The van der Waals surface area contributed by atoms with Crippen molar-refractivity contribution in [2.45, 2.75) is 26.6 Å². The molecule has 6 aromatic rings. The summed E-state index contributed by atoms with van der Waals surface area (Å²) in [7, 11) is 0. The Bertz CT molecular complexity index is 2140. The van der Waals surface area contributed by atoms with Gasteiger partial charge in [-0.1, -0.05) is 18.2 Å². The van der Waals surface area contributed by atoms with Crippen LogP contribution < -0.4 is 16.0 Å². The maximum atomic E-state index is 13.7. The van der Waals surface area contributed by atoms with E-state index < -0.39 is 23.7 Å². The highest BCUT2D eigenvalue weighted by atomic mass is 19.4. The van der Waals surface area contributed by atoms with Gasteiger partial charge in [-0.15, -0.1) is 0 Å². The van der Waals surface area contributed by atoms with Gasteiger partial charge in [-0.05, 0) is 73.5 Å². The van der Waals surface area contributed by atoms with Crippen LogP contribution in [0.5, 0.6) is 0 Å². The standard InChI is InChI=1S/C33H27F3N8O3/c1-19-6-7-25(41-31(46)22-11-23(33(34,35)36)13-26(12-22)43-15-20(2)39-18-43)14-28(19)42-32(47)44-9-8-27-29(37-17-38-30(27)44)40-24-5-3-4-21(10-24)16-45/h3-15,17-18,45H,16H2,1-2H3,(H,41,46)(H,42,47)(H,37,38,40). The summed E-state index contributed by atoms with van der Waals surface area (Å²) in [4.78, 5) is 39.2. The number of aliphatic hydroxyl groups is 1. The molecule has 0 unspecified atom stereocenters. The molecule has 0 saturated carbocycles. The third-order valence-electron chi connectivity index (χ3n) is 7.33. The van der Waals surface area contributed by atoms with Crippen LogP contribution in [0.2, 0.25) is 0 Å². The molecule has 0 spiro atoms. The van der Waals surface area contributed by atoms with Gasteiger partial charge in [0.2, 0.25) is 0 Å². The number of hydrogen-bond donors (Lipinski definition) is 4. The van der Waals surface area contributed by atoms with Gasteiger partial charge in [-0.2, -0.15) is 13.2 Å².